The molecule has 0 unspecified atom stereocenters. The summed E-state index contributed by atoms with van der Waals surface area (Å²) >= 11 is 7.38. The maximum absolute atomic E-state index is 13.1. The van der Waals surface area contributed by atoms with Crippen molar-refractivity contribution in [3.05, 3.63) is 69.4 Å². The smallest absolute Gasteiger partial charge is 0.395 e. The van der Waals surface area contributed by atoms with Crippen LogP contribution in [0.2, 0.25) is 5.02 Å². The number of thiophene rings is 1. The first-order chi connectivity index (χ1) is 13.8. The van der Waals surface area contributed by atoms with E-state index < -0.39 is 12.2 Å². The fraction of sp³-hybridized carbons (Fsp3) is 0.0526. The van der Waals surface area contributed by atoms with Gasteiger partial charge < -0.3 is 20.1 Å². The number of benzene rings is 2. The number of amides is 2. The first kappa shape index (κ1) is 19.2. The van der Waals surface area contributed by atoms with Gasteiger partial charge in [0.25, 0.3) is 11.8 Å². The van der Waals surface area contributed by atoms with Gasteiger partial charge in [0, 0.05) is 17.3 Å². The molecule has 1 aliphatic rings. The molecule has 4 rings (SSSR count). The summed E-state index contributed by atoms with van der Waals surface area (Å²) < 4.78 is 34.9. The lowest BCUT2D eigenvalue weighted by atomic mass is 10.1. The number of rotatable bonds is 4. The van der Waals surface area contributed by atoms with Crippen molar-refractivity contribution < 1.29 is 27.8 Å². The Morgan fingerprint density at radius 2 is 1.76 bits per heavy atom. The van der Waals surface area contributed by atoms with Crippen LogP contribution in [0.4, 0.5) is 20.2 Å². The normalized spacial score (nSPS) is 13.8. The van der Waals surface area contributed by atoms with Crippen molar-refractivity contribution in [1.82, 2.24) is 0 Å². The Morgan fingerprint density at radius 3 is 2.52 bits per heavy atom. The molecule has 2 amide bonds. The van der Waals surface area contributed by atoms with E-state index in [0.717, 1.165) is 0 Å². The van der Waals surface area contributed by atoms with Crippen molar-refractivity contribution >= 4 is 46.1 Å². The zero-order chi connectivity index (χ0) is 20.6. The van der Waals surface area contributed by atoms with E-state index in [1.54, 1.807) is 17.5 Å². The fourth-order valence-electron chi connectivity index (χ4n) is 2.58. The van der Waals surface area contributed by atoms with Gasteiger partial charge in [-0.2, -0.15) is 0 Å². The molecular formula is C19H11ClF2N2O4S. The van der Waals surface area contributed by atoms with Crippen LogP contribution in [0.1, 0.15) is 20.0 Å². The van der Waals surface area contributed by atoms with E-state index in [0.29, 0.717) is 4.88 Å². The van der Waals surface area contributed by atoms with E-state index in [2.05, 4.69) is 20.1 Å². The van der Waals surface area contributed by atoms with Crippen LogP contribution in [0.15, 0.2) is 53.9 Å². The molecule has 6 nitrogen and oxygen atoms in total. The lowest BCUT2D eigenvalue weighted by molar-refractivity contribution is -0.286. The molecule has 0 spiro atoms. The topological polar surface area (TPSA) is 76.7 Å². The molecule has 10 heteroatoms. The average molecular weight is 437 g/mol. The molecule has 0 fully saturated rings. The highest BCUT2D eigenvalue weighted by atomic mass is 35.5. The molecule has 0 saturated heterocycles. The van der Waals surface area contributed by atoms with Crippen LogP contribution in [-0.2, 0) is 0 Å². The molecule has 1 aromatic heterocycles. The quantitative estimate of drug-likeness (QED) is 0.587. The Kier molecular flexibility index (Phi) is 4.85. The highest BCUT2D eigenvalue weighted by Gasteiger charge is 2.43. The van der Waals surface area contributed by atoms with E-state index in [4.69, 9.17) is 11.6 Å². The van der Waals surface area contributed by atoms with Crippen molar-refractivity contribution in [3.8, 4) is 11.5 Å². The molecular weight excluding hydrogens is 426 g/mol. The van der Waals surface area contributed by atoms with Gasteiger partial charge in [-0.3, -0.25) is 9.59 Å². The van der Waals surface area contributed by atoms with Gasteiger partial charge in [-0.25, -0.2) is 0 Å². The van der Waals surface area contributed by atoms with Crippen LogP contribution in [0, 0.1) is 0 Å². The highest BCUT2D eigenvalue weighted by molar-refractivity contribution is 7.12. The molecule has 0 atom stereocenters. The van der Waals surface area contributed by atoms with E-state index in [9.17, 15) is 18.4 Å². The molecule has 0 saturated carbocycles. The van der Waals surface area contributed by atoms with Crippen molar-refractivity contribution in [2.75, 3.05) is 10.6 Å². The second-order valence-corrected chi connectivity index (χ2v) is 7.26. The lowest BCUT2D eigenvalue weighted by Gasteiger charge is -2.10. The number of halogens is 3. The highest BCUT2D eigenvalue weighted by Crippen LogP contribution is 2.42. The summed E-state index contributed by atoms with van der Waals surface area (Å²) in [6.07, 6.45) is -3.74. The predicted octanol–water partition coefficient (Wildman–Crippen LogP) is 5.23. The number of hydrogen-bond donors (Lipinski definition) is 2. The van der Waals surface area contributed by atoms with Gasteiger partial charge >= 0.3 is 6.29 Å². The van der Waals surface area contributed by atoms with Crippen LogP contribution in [0.3, 0.4) is 0 Å². The summed E-state index contributed by atoms with van der Waals surface area (Å²) in [6, 6.07) is 11.7. The van der Waals surface area contributed by atoms with Crippen molar-refractivity contribution in [2.45, 2.75) is 6.29 Å². The number of hydrogen-bond acceptors (Lipinski definition) is 5. The number of carbonyl (C=O) groups is 2. The third-order valence-electron chi connectivity index (χ3n) is 3.88. The number of nitrogens with one attached hydrogen (secondary N) is 2. The van der Waals surface area contributed by atoms with Crippen LogP contribution in [-0.4, -0.2) is 18.1 Å². The molecule has 3 aromatic rings. The van der Waals surface area contributed by atoms with Gasteiger partial charge in [0.2, 0.25) is 0 Å². The minimum atomic E-state index is -3.74. The first-order valence-corrected chi connectivity index (χ1v) is 9.42. The van der Waals surface area contributed by atoms with Gasteiger partial charge in [-0.15, -0.1) is 20.1 Å². The second-order valence-electron chi connectivity index (χ2n) is 5.91. The third-order valence-corrected chi connectivity index (χ3v) is 5.08. The maximum Gasteiger partial charge on any atom is 0.586 e. The molecule has 148 valence electrons. The Balaban J connectivity index is 1.50. The molecule has 1 aliphatic heterocycles. The molecule has 2 heterocycles. The fourth-order valence-corrected chi connectivity index (χ4v) is 3.37. The van der Waals surface area contributed by atoms with Gasteiger partial charge in [0.15, 0.2) is 11.5 Å². The summed E-state index contributed by atoms with van der Waals surface area (Å²) in [7, 11) is 0. The van der Waals surface area contributed by atoms with E-state index in [1.807, 2.05) is 0 Å². The molecule has 0 radical (unpaired) electrons. The van der Waals surface area contributed by atoms with Crippen molar-refractivity contribution in [2.24, 2.45) is 0 Å². The maximum atomic E-state index is 13.1. The number of fused-ring (bicyclic) bond motifs is 1. The van der Waals surface area contributed by atoms with Gasteiger partial charge in [-0.1, -0.05) is 17.7 Å². The van der Waals surface area contributed by atoms with E-state index >= 15 is 0 Å². The largest absolute Gasteiger partial charge is 0.586 e. The summed E-state index contributed by atoms with van der Waals surface area (Å²) in [5.74, 6) is -1.19. The lowest BCUT2D eigenvalue weighted by Crippen LogP contribution is -2.25. The van der Waals surface area contributed by atoms with Gasteiger partial charge in [0.05, 0.1) is 15.6 Å². The van der Waals surface area contributed by atoms with E-state index in [-0.39, 0.29) is 39.4 Å². The number of anilines is 2. The van der Waals surface area contributed by atoms with Crippen LogP contribution < -0.4 is 20.1 Å². The number of ether oxygens (including phenoxy) is 2. The minimum absolute atomic E-state index is 0.127. The van der Waals surface area contributed by atoms with Crippen molar-refractivity contribution in [3.63, 3.8) is 0 Å². The molecule has 29 heavy (non-hydrogen) atoms. The van der Waals surface area contributed by atoms with Gasteiger partial charge in [0.1, 0.15) is 0 Å². The predicted molar refractivity (Wildman–Crippen MR) is 104 cm³/mol. The zero-order valence-corrected chi connectivity index (χ0v) is 15.9. The zero-order valence-electron chi connectivity index (χ0n) is 14.4. The summed E-state index contributed by atoms with van der Waals surface area (Å²) in [5, 5.41) is 7.25. The van der Waals surface area contributed by atoms with Crippen molar-refractivity contribution in [1.29, 1.82) is 0 Å². The average Bonchev–Trinajstić information content (AvgIpc) is 3.29. The van der Waals surface area contributed by atoms with Gasteiger partial charge in [-0.05, 0) is 41.8 Å². The van der Waals surface area contributed by atoms with Crippen LogP contribution in [0.5, 0.6) is 11.5 Å². The third kappa shape index (κ3) is 4.15. The molecule has 2 aromatic carbocycles. The molecule has 0 bridgehead atoms. The standard InChI is InChI=1S/C19H11ClF2N2O4S/c20-12-5-3-10(8-13(12)24-18(26)16-2-1-7-29-16)17(25)23-11-4-6-14-15(9-11)28-19(21,22)27-14/h1-9H,(H,23,25)(H,24,26). The molecule has 0 aliphatic carbocycles. The second kappa shape index (κ2) is 7.34. The Morgan fingerprint density at radius 1 is 0.966 bits per heavy atom. The summed E-state index contributed by atoms with van der Waals surface area (Å²) in [5.41, 5.74) is 0.705. The minimum Gasteiger partial charge on any atom is -0.395 e. The Bertz CT molecular complexity index is 1110. The Hall–Kier alpha value is -3.17. The Labute approximate surface area is 172 Å². The van der Waals surface area contributed by atoms with E-state index in [1.165, 1.54) is 47.7 Å². The molecule has 2 N–H and O–H groups in total. The number of alkyl halides is 2. The van der Waals surface area contributed by atoms with Crippen LogP contribution >= 0.6 is 22.9 Å². The SMILES string of the molecule is O=C(Nc1ccc2c(c1)OC(F)(F)O2)c1ccc(Cl)c(NC(=O)c2cccs2)c1. The summed E-state index contributed by atoms with van der Waals surface area (Å²) in [6.45, 7) is 0. The van der Waals surface area contributed by atoms with Crippen LogP contribution in [0.25, 0.3) is 0 Å². The monoisotopic (exact) mass is 436 g/mol. The summed E-state index contributed by atoms with van der Waals surface area (Å²) in [4.78, 5) is 25.2. The number of carbonyl (C=O) groups excluding carboxylic acids is 2. The first-order valence-electron chi connectivity index (χ1n) is 8.16.